The highest BCUT2D eigenvalue weighted by Gasteiger charge is 2.29. The lowest BCUT2D eigenvalue weighted by molar-refractivity contribution is -0.121. The van der Waals surface area contributed by atoms with Crippen LogP contribution >= 0.6 is 11.3 Å². The molecule has 7 nitrogen and oxygen atoms in total. The van der Waals surface area contributed by atoms with E-state index in [9.17, 15) is 9.59 Å². The first-order valence-corrected chi connectivity index (χ1v) is 9.84. The van der Waals surface area contributed by atoms with Crippen molar-refractivity contribution >= 4 is 39.9 Å². The van der Waals surface area contributed by atoms with E-state index in [1.807, 2.05) is 37.6 Å². The fourth-order valence-electron chi connectivity index (χ4n) is 3.55. The summed E-state index contributed by atoms with van der Waals surface area (Å²) >= 11 is 1.43. The zero-order valence-electron chi connectivity index (χ0n) is 15.3. The number of likely N-dealkylation sites (tertiary alicyclic amines) is 1. The molecule has 0 saturated carbocycles. The van der Waals surface area contributed by atoms with E-state index in [1.165, 1.54) is 11.3 Å². The quantitative estimate of drug-likeness (QED) is 0.754. The van der Waals surface area contributed by atoms with E-state index in [1.54, 1.807) is 15.8 Å². The molecule has 0 bridgehead atoms. The summed E-state index contributed by atoms with van der Waals surface area (Å²) in [5, 5.41) is 10.1. The van der Waals surface area contributed by atoms with Crippen LogP contribution in [0.25, 0.3) is 11.0 Å². The number of amides is 2. The molecule has 0 spiro atoms. The van der Waals surface area contributed by atoms with E-state index in [0.29, 0.717) is 18.8 Å². The molecule has 1 saturated heterocycles. The average molecular weight is 383 g/mol. The molecule has 27 heavy (non-hydrogen) atoms. The third-order valence-electron chi connectivity index (χ3n) is 4.94. The smallest absolute Gasteiger partial charge is 0.263 e. The highest BCUT2D eigenvalue weighted by atomic mass is 32.1. The van der Waals surface area contributed by atoms with Crippen LogP contribution < -0.4 is 5.32 Å². The normalized spacial score (nSPS) is 17.3. The zero-order chi connectivity index (χ0) is 19.0. The third-order valence-corrected chi connectivity index (χ3v) is 5.80. The van der Waals surface area contributed by atoms with Crippen molar-refractivity contribution in [1.82, 2.24) is 19.7 Å². The molecule has 140 valence electrons. The van der Waals surface area contributed by atoms with Crippen molar-refractivity contribution in [2.45, 2.75) is 19.8 Å². The maximum Gasteiger partial charge on any atom is 0.263 e. The first-order chi connectivity index (χ1) is 13.0. The molecule has 0 radical (unpaired) electrons. The lowest BCUT2D eigenvalue weighted by atomic mass is 9.97. The van der Waals surface area contributed by atoms with Crippen LogP contribution in [-0.4, -0.2) is 44.6 Å². The average Bonchev–Trinajstić information content (AvgIpc) is 3.30. The van der Waals surface area contributed by atoms with Crippen molar-refractivity contribution in [1.29, 1.82) is 0 Å². The van der Waals surface area contributed by atoms with Crippen LogP contribution in [0.1, 0.15) is 28.2 Å². The summed E-state index contributed by atoms with van der Waals surface area (Å²) in [7, 11) is 1.85. The number of hydrogen-bond donors (Lipinski definition) is 1. The van der Waals surface area contributed by atoms with Gasteiger partial charge < -0.3 is 10.2 Å². The number of pyridine rings is 1. The number of nitrogens with one attached hydrogen (secondary N) is 1. The molecule has 0 aromatic carbocycles. The number of carbonyl (C=O) groups is 2. The summed E-state index contributed by atoms with van der Waals surface area (Å²) in [4.78, 5) is 32.2. The van der Waals surface area contributed by atoms with Crippen LogP contribution in [0, 0.1) is 12.8 Å². The summed E-state index contributed by atoms with van der Waals surface area (Å²) in [6.45, 7) is 3.07. The molecule has 1 unspecified atom stereocenters. The molecule has 8 heteroatoms. The molecular formula is C19H21N5O2S. The minimum absolute atomic E-state index is 0.0107. The van der Waals surface area contributed by atoms with Gasteiger partial charge in [-0.3, -0.25) is 14.3 Å². The molecule has 3 aromatic rings. The fourth-order valence-corrected chi connectivity index (χ4v) is 4.24. The molecular weight excluding hydrogens is 362 g/mol. The van der Waals surface area contributed by atoms with Gasteiger partial charge in [-0.2, -0.15) is 5.10 Å². The van der Waals surface area contributed by atoms with Crippen LogP contribution in [0.5, 0.6) is 0 Å². The van der Waals surface area contributed by atoms with Gasteiger partial charge in [0.25, 0.3) is 5.91 Å². The molecule has 1 aliphatic rings. The summed E-state index contributed by atoms with van der Waals surface area (Å²) in [6, 6.07) is 5.60. The second kappa shape index (κ2) is 7.11. The minimum Gasteiger partial charge on any atom is -0.337 e. The SMILES string of the molecule is Cc1nn(C)c2ncc(NC(=O)C3CCCN(C(=O)c4cccs4)C3)cc12. The number of carbonyl (C=O) groups excluding carboxylic acids is 2. The van der Waals surface area contributed by atoms with Crippen molar-refractivity contribution in [3.8, 4) is 0 Å². The highest BCUT2D eigenvalue weighted by molar-refractivity contribution is 7.12. The second-order valence-corrected chi connectivity index (χ2v) is 7.81. The number of aromatic nitrogens is 3. The van der Waals surface area contributed by atoms with Gasteiger partial charge >= 0.3 is 0 Å². The van der Waals surface area contributed by atoms with Crippen molar-refractivity contribution < 1.29 is 9.59 Å². The van der Waals surface area contributed by atoms with Gasteiger partial charge in [0.2, 0.25) is 5.91 Å². The highest BCUT2D eigenvalue weighted by Crippen LogP contribution is 2.23. The van der Waals surface area contributed by atoms with Crippen molar-refractivity contribution in [3.63, 3.8) is 0 Å². The Labute approximate surface area is 161 Å². The van der Waals surface area contributed by atoms with Gasteiger partial charge in [-0.15, -0.1) is 11.3 Å². The van der Waals surface area contributed by atoms with Crippen LogP contribution in [0.3, 0.4) is 0 Å². The van der Waals surface area contributed by atoms with Gasteiger partial charge in [0.15, 0.2) is 5.65 Å². The van der Waals surface area contributed by atoms with Crippen molar-refractivity contribution in [3.05, 3.63) is 40.3 Å². The van der Waals surface area contributed by atoms with Gasteiger partial charge in [-0.1, -0.05) is 6.07 Å². The Morgan fingerprint density at radius 2 is 2.22 bits per heavy atom. The van der Waals surface area contributed by atoms with Crippen molar-refractivity contribution in [2.24, 2.45) is 13.0 Å². The molecule has 3 aromatic heterocycles. The molecule has 4 heterocycles. The number of rotatable bonds is 3. The van der Waals surface area contributed by atoms with Gasteiger partial charge in [-0.05, 0) is 37.3 Å². The Morgan fingerprint density at radius 3 is 3.00 bits per heavy atom. The Morgan fingerprint density at radius 1 is 1.37 bits per heavy atom. The summed E-state index contributed by atoms with van der Waals surface area (Å²) < 4.78 is 1.73. The predicted molar refractivity (Wildman–Crippen MR) is 105 cm³/mol. The lowest BCUT2D eigenvalue weighted by Gasteiger charge is -2.31. The first kappa shape index (κ1) is 17.7. The second-order valence-electron chi connectivity index (χ2n) is 6.86. The monoisotopic (exact) mass is 383 g/mol. The molecule has 0 aliphatic carbocycles. The number of aryl methyl sites for hydroxylation is 2. The minimum atomic E-state index is -0.214. The molecule has 2 amide bonds. The summed E-state index contributed by atoms with van der Waals surface area (Å²) in [5.41, 5.74) is 2.32. The Bertz CT molecular complexity index is 995. The van der Waals surface area contributed by atoms with Gasteiger partial charge in [0, 0.05) is 25.5 Å². The maximum atomic E-state index is 12.8. The first-order valence-electron chi connectivity index (χ1n) is 8.96. The van der Waals surface area contributed by atoms with Crippen LogP contribution in [0.15, 0.2) is 29.8 Å². The molecule has 4 rings (SSSR count). The van der Waals surface area contributed by atoms with E-state index < -0.39 is 0 Å². The fraction of sp³-hybridized carbons (Fsp3) is 0.368. The maximum absolute atomic E-state index is 12.8. The topological polar surface area (TPSA) is 80.1 Å². The van der Waals surface area contributed by atoms with E-state index in [0.717, 1.165) is 34.4 Å². The number of nitrogens with zero attached hydrogens (tertiary/aromatic N) is 4. The van der Waals surface area contributed by atoms with E-state index in [-0.39, 0.29) is 17.7 Å². The van der Waals surface area contributed by atoms with Crippen molar-refractivity contribution in [2.75, 3.05) is 18.4 Å². The Hall–Kier alpha value is -2.74. The Kier molecular flexibility index (Phi) is 4.65. The lowest BCUT2D eigenvalue weighted by Crippen LogP contribution is -2.43. The zero-order valence-corrected chi connectivity index (χ0v) is 16.1. The molecule has 1 fully saturated rings. The number of anilines is 1. The van der Waals surface area contributed by atoms with Crippen LogP contribution in [0.4, 0.5) is 5.69 Å². The largest absolute Gasteiger partial charge is 0.337 e. The van der Waals surface area contributed by atoms with Gasteiger partial charge in [0.1, 0.15) is 0 Å². The van der Waals surface area contributed by atoms with E-state index in [2.05, 4.69) is 15.4 Å². The molecule has 1 aliphatic heterocycles. The van der Waals surface area contributed by atoms with E-state index >= 15 is 0 Å². The number of hydrogen-bond acceptors (Lipinski definition) is 5. The van der Waals surface area contributed by atoms with Crippen LogP contribution in [-0.2, 0) is 11.8 Å². The molecule has 1 N–H and O–H groups in total. The summed E-state index contributed by atoms with van der Waals surface area (Å²) in [6.07, 6.45) is 3.26. The van der Waals surface area contributed by atoms with Gasteiger partial charge in [-0.25, -0.2) is 4.98 Å². The standard InChI is InChI=1S/C19H21N5O2S/c1-12-15-9-14(10-20-17(15)23(2)22-12)21-18(25)13-5-3-7-24(11-13)19(26)16-6-4-8-27-16/h4,6,8-10,13H,3,5,7,11H2,1-2H3,(H,21,25). The van der Waals surface area contributed by atoms with Gasteiger partial charge in [0.05, 0.1) is 28.4 Å². The number of fused-ring (bicyclic) bond motifs is 1. The number of piperidine rings is 1. The number of thiophene rings is 1. The van der Waals surface area contributed by atoms with Crippen LogP contribution in [0.2, 0.25) is 0 Å². The Balaban J connectivity index is 1.46. The third kappa shape index (κ3) is 3.44. The molecule has 1 atom stereocenters. The van der Waals surface area contributed by atoms with E-state index in [4.69, 9.17) is 0 Å². The summed E-state index contributed by atoms with van der Waals surface area (Å²) in [5.74, 6) is -0.272. The predicted octanol–water partition coefficient (Wildman–Crippen LogP) is 2.83.